The van der Waals surface area contributed by atoms with E-state index in [1.165, 1.54) is 0 Å². The van der Waals surface area contributed by atoms with Crippen LogP contribution in [0.2, 0.25) is 0 Å². The van der Waals surface area contributed by atoms with Crippen molar-refractivity contribution >= 4 is 5.91 Å². The first-order valence-electron chi connectivity index (χ1n) is 5.67. The predicted octanol–water partition coefficient (Wildman–Crippen LogP) is 0.620. The van der Waals surface area contributed by atoms with E-state index in [-0.39, 0.29) is 11.4 Å². The molecule has 4 nitrogen and oxygen atoms in total. The van der Waals surface area contributed by atoms with E-state index in [1.54, 1.807) is 0 Å². The summed E-state index contributed by atoms with van der Waals surface area (Å²) in [6, 6.07) is 0. The molecular weight excluding hydrogens is 190 g/mol. The SMILES string of the molecule is CC(C)(C)NCCC(=O)NCCCCN. The monoisotopic (exact) mass is 215 g/mol. The highest BCUT2D eigenvalue weighted by Crippen LogP contribution is 1.97. The van der Waals surface area contributed by atoms with Crippen LogP contribution in [-0.2, 0) is 4.79 Å². The van der Waals surface area contributed by atoms with Crippen molar-refractivity contribution in [3.63, 3.8) is 0 Å². The predicted molar refractivity (Wildman–Crippen MR) is 63.7 cm³/mol. The minimum Gasteiger partial charge on any atom is -0.356 e. The smallest absolute Gasteiger partial charge is 0.221 e. The molecule has 0 heterocycles. The molecule has 0 saturated heterocycles. The van der Waals surface area contributed by atoms with Crippen LogP contribution >= 0.6 is 0 Å². The molecule has 1 amide bonds. The van der Waals surface area contributed by atoms with E-state index in [4.69, 9.17) is 5.73 Å². The van der Waals surface area contributed by atoms with Crippen molar-refractivity contribution in [2.75, 3.05) is 19.6 Å². The van der Waals surface area contributed by atoms with Gasteiger partial charge < -0.3 is 16.4 Å². The molecule has 0 aliphatic rings. The summed E-state index contributed by atoms with van der Waals surface area (Å²) < 4.78 is 0. The highest BCUT2D eigenvalue weighted by Gasteiger charge is 2.08. The Hall–Kier alpha value is -0.610. The number of amides is 1. The summed E-state index contributed by atoms with van der Waals surface area (Å²) in [5.74, 6) is 0.115. The molecule has 0 saturated carbocycles. The summed E-state index contributed by atoms with van der Waals surface area (Å²) in [5, 5.41) is 6.14. The first kappa shape index (κ1) is 14.4. The van der Waals surface area contributed by atoms with Gasteiger partial charge >= 0.3 is 0 Å². The molecular formula is C11H25N3O. The van der Waals surface area contributed by atoms with Crippen LogP contribution in [0.1, 0.15) is 40.0 Å². The molecule has 0 rings (SSSR count). The van der Waals surface area contributed by atoms with Gasteiger partial charge in [0.2, 0.25) is 5.91 Å². The van der Waals surface area contributed by atoms with Crippen LogP contribution in [0.3, 0.4) is 0 Å². The molecule has 0 aromatic carbocycles. The number of carbonyl (C=O) groups is 1. The third kappa shape index (κ3) is 11.3. The highest BCUT2D eigenvalue weighted by molar-refractivity contribution is 5.75. The molecule has 4 heteroatoms. The van der Waals surface area contributed by atoms with E-state index >= 15 is 0 Å². The molecule has 90 valence electrons. The summed E-state index contributed by atoms with van der Waals surface area (Å²) in [4.78, 5) is 11.3. The van der Waals surface area contributed by atoms with E-state index in [0.29, 0.717) is 13.0 Å². The van der Waals surface area contributed by atoms with Gasteiger partial charge in [0, 0.05) is 25.0 Å². The van der Waals surface area contributed by atoms with Gasteiger partial charge in [-0.15, -0.1) is 0 Å². The maximum absolute atomic E-state index is 11.3. The molecule has 0 aliphatic carbocycles. The van der Waals surface area contributed by atoms with Gasteiger partial charge in [-0.05, 0) is 40.2 Å². The Morgan fingerprint density at radius 2 is 1.87 bits per heavy atom. The van der Waals surface area contributed by atoms with Gasteiger partial charge in [0.15, 0.2) is 0 Å². The van der Waals surface area contributed by atoms with Gasteiger partial charge in [0.05, 0.1) is 0 Å². The number of nitrogens with two attached hydrogens (primary N) is 1. The van der Waals surface area contributed by atoms with E-state index in [0.717, 1.165) is 25.9 Å². The average Bonchev–Trinajstić information content (AvgIpc) is 2.10. The summed E-state index contributed by atoms with van der Waals surface area (Å²) in [6.07, 6.45) is 2.48. The fraction of sp³-hybridized carbons (Fsp3) is 0.909. The molecule has 0 aliphatic heterocycles. The first-order chi connectivity index (χ1) is 6.95. The van der Waals surface area contributed by atoms with Gasteiger partial charge in [-0.2, -0.15) is 0 Å². The molecule has 0 atom stereocenters. The summed E-state index contributed by atoms with van der Waals surface area (Å²) in [7, 11) is 0. The topological polar surface area (TPSA) is 67.2 Å². The zero-order chi connectivity index (χ0) is 11.7. The first-order valence-corrected chi connectivity index (χ1v) is 5.67. The normalized spacial score (nSPS) is 11.5. The molecule has 0 unspecified atom stereocenters. The number of unbranched alkanes of at least 4 members (excludes halogenated alkanes) is 1. The lowest BCUT2D eigenvalue weighted by Crippen LogP contribution is -2.38. The van der Waals surface area contributed by atoms with Crippen LogP contribution in [0.5, 0.6) is 0 Å². The van der Waals surface area contributed by atoms with Crippen molar-refractivity contribution in [1.29, 1.82) is 0 Å². The Morgan fingerprint density at radius 3 is 2.40 bits per heavy atom. The van der Waals surface area contributed by atoms with E-state index in [2.05, 4.69) is 31.4 Å². The lowest BCUT2D eigenvalue weighted by Gasteiger charge is -2.20. The third-order valence-electron chi connectivity index (χ3n) is 1.96. The molecule has 0 radical (unpaired) electrons. The maximum atomic E-state index is 11.3. The lowest BCUT2D eigenvalue weighted by atomic mass is 10.1. The Balaban J connectivity index is 3.34. The molecule has 15 heavy (non-hydrogen) atoms. The van der Waals surface area contributed by atoms with Crippen molar-refractivity contribution in [3.05, 3.63) is 0 Å². The Kier molecular flexibility index (Phi) is 7.34. The Morgan fingerprint density at radius 1 is 1.20 bits per heavy atom. The molecule has 4 N–H and O–H groups in total. The zero-order valence-electron chi connectivity index (χ0n) is 10.2. The summed E-state index contributed by atoms with van der Waals surface area (Å²) in [5.41, 5.74) is 5.43. The standard InChI is InChI=1S/C11H25N3O/c1-11(2,3)14-9-6-10(15)13-8-5-4-7-12/h14H,4-9,12H2,1-3H3,(H,13,15). The second kappa shape index (κ2) is 7.65. The minimum atomic E-state index is 0.0832. The highest BCUT2D eigenvalue weighted by atomic mass is 16.1. The molecule has 0 aromatic rings. The van der Waals surface area contributed by atoms with Gasteiger partial charge in [-0.1, -0.05) is 0 Å². The number of hydrogen-bond donors (Lipinski definition) is 3. The number of carbonyl (C=O) groups excluding carboxylic acids is 1. The van der Waals surface area contributed by atoms with Gasteiger partial charge in [0.1, 0.15) is 0 Å². The van der Waals surface area contributed by atoms with Crippen LogP contribution in [-0.4, -0.2) is 31.1 Å². The fourth-order valence-electron chi connectivity index (χ4n) is 1.14. The van der Waals surface area contributed by atoms with Crippen LogP contribution in [0.15, 0.2) is 0 Å². The largest absolute Gasteiger partial charge is 0.356 e. The Labute approximate surface area is 93.0 Å². The van der Waals surface area contributed by atoms with Crippen LogP contribution in [0, 0.1) is 0 Å². The van der Waals surface area contributed by atoms with Crippen molar-refractivity contribution < 1.29 is 4.79 Å². The number of hydrogen-bond acceptors (Lipinski definition) is 3. The van der Waals surface area contributed by atoms with E-state index in [9.17, 15) is 4.79 Å². The van der Waals surface area contributed by atoms with E-state index in [1.807, 2.05) is 0 Å². The van der Waals surface area contributed by atoms with Crippen molar-refractivity contribution in [3.8, 4) is 0 Å². The minimum absolute atomic E-state index is 0.0832. The zero-order valence-corrected chi connectivity index (χ0v) is 10.2. The lowest BCUT2D eigenvalue weighted by molar-refractivity contribution is -0.121. The van der Waals surface area contributed by atoms with Gasteiger partial charge in [0.25, 0.3) is 0 Å². The van der Waals surface area contributed by atoms with Gasteiger partial charge in [-0.25, -0.2) is 0 Å². The quantitative estimate of drug-likeness (QED) is 0.545. The molecule has 0 fully saturated rings. The van der Waals surface area contributed by atoms with Crippen LogP contribution in [0.4, 0.5) is 0 Å². The number of nitrogens with one attached hydrogen (secondary N) is 2. The van der Waals surface area contributed by atoms with Crippen LogP contribution in [0.25, 0.3) is 0 Å². The summed E-state index contributed by atoms with van der Waals surface area (Å²) >= 11 is 0. The third-order valence-corrected chi connectivity index (χ3v) is 1.96. The second-order valence-corrected chi connectivity index (χ2v) is 4.77. The fourth-order valence-corrected chi connectivity index (χ4v) is 1.14. The average molecular weight is 215 g/mol. The number of rotatable bonds is 7. The van der Waals surface area contributed by atoms with E-state index < -0.39 is 0 Å². The maximum Gasteiger partial charge on any atom is 0.221 e. The van der Waals surface area contributed by atoms with Gasteiger partial charge in [-0.3, -0.25) is 4.79 Å². The molecule has 0 aromatic heterocycles. The van der Waals surface area contributed by atoms with Crippen molar-refractivity contribution in [1.82, 2.24) is 10.6 Å². The summed E-state index contributed by atoms with van der Waals surface area (Å²) in [6.45, 7) is 8.43. The van der Waals surface area contributed by atoms with Crippen molar-refractivity contribution in [2.24, 2.45) is 5.73 Å². The second-order valence-electron chi connectivity index (χ2n) is 4.77. The van der Waals surface area contributed by atoms with Crippen molar-refractivity contribution in [2.45, 2.75) is 45.6 Å². The molecule has 0 bridgehead atoms. The Bertz CT molecular complexity index is 175. The van der Waals surface area contributed by atoms with Crippen LogP contribution < -0.4 is 16.4 Å². The molecule has 0 spiro atoms.